The Hall–Kier alpha value is -1.81. The summed E-state index contributed by atoms with van der Waals surface area (Å²) in [4.78, 5) is 27.4. The molecule has 1 aromatic heterocycles. The predicted molar refractivity (Wildman–Crippen MR) is 100 cm³/mol. The zero-order chi connectivity index (χ0) is 22.4. The second-order valence-electron chi connectivity index (χ2n) is 5.53. The number of alkyl halides is 3. The molecule has 0 saturated carbocycles. The van der Waals surface area contributed by atoms with E-state index in [4.69, 9.17) is 23.2 Å². The van der Waals surface area contributed by atoms with E-state index in [1.165, 1.54) is 4.72 Å². The van der Waals surface area contributed by atoms with Gasteiger partial charge in [0.25, 0.3) is 0 Å². The van der Waals surface area contributed by atoms with E-state index in [1.807, 2.05) is 0 Å². The molecular formula is C12H11Cl2F3N4O6S2. The fourth-order valence-corrected chi connectivity index (χ4v) is 4.19. The lowest BCUT2D eigenvalue weighted by Crippen LogP contribution is -2.42. The summed E-state index contributed by atoms with van der Waals surface area (Å²) in [5, 5.41) is -0.660. The number of rotatable bonds is 6. The number of aromatic amines is 2. The zero-order valence-corrected chi connectivity index (χ0v) is 17.2. The Morgan fingerprint density at radius 1 is 1.10 bits per heavy atom. The SMILES string of the molecule is CS(=O)(=O)N(CCNS(=O)(=O)C(F)(F)F)c1c(Cl)c(Cl)cc2[nH]c(=O)c(=O)[nH]c12. The second-order valence-corrected chi connectivity index (χ2v) is 9.98. The van der Waals surface area contributed by atoms with Gasteiger partial charge < -0.3 is 9.97 Å². The lowest BCUT2D eigenvalue weighted by molar-refractivity contribution is -0.0447. The number of benzene rings is 1. The first-order chi connectivity index (χ1) is 13.1. The van der Waals surface area contributed by atoms with Crippen molar-refractivity contribution in [2.75, 3.05) is 23.7 Å². The maximum atomic E-state index is 12.4. The molecular weight excluding hydrogens is 488 g/mol. The molecule has 162 valence electrons. The van der Waals surface area contributed by atoms with Crippen LogP contribution in [-0.4, -0.2) is 51.7 Å². The molecule has 2 aromatic rings. The standard InChI is InChI=1S/C12H11Cl2F3N4O6S2/c1-28(24,25)21(3-2-18-29(26,27)12(15,16)17)9-7(14)5(13)4-6-8(9)20-11(23)10(22)19-6/h4,18H,2-3H2,1H3,(H,19,22)(H,20,23). The first-order valence-electron chi connectivity index (χ1n) is 7.24. The van der Waals surface area contributed by atoms with E-state index >= 15 is 0 Å². The van der Waals surface area contributed by atoms with Crippen molar-refractivity contribution >= 4 is 60.0 Å². The monoisotopic (exact) mass is 498 g/mol. The molecule has 0 amide bonds. The third-order valence-electron chi connectivity index (χ3n) is 3.45. The Balaban J connectivity index is 2.61. The van der Waals surface area contributed by atoms with Gasteiger partial charge in [0.2, 0.25) is 10.0 Å². The van der Waals surface area contributed by atoms with Gasteiger partial charge in [0.15, 0.2) is 0 Å². The van der Waals surface area contributed by atoms with Crippen molar-refractivity contribution in [3.63, 3.8) is 0 Å². The molecule has 17 heteroatoms. The van der Waals surface area contributed by atoms with Crippen LogP contribution in [0.15, 0.2) is 15.7 Å². The number of nitrogens with one attached hydrogen (secondary N) is 3. The second kappa shape index (κ2) is 7.79. The van der Waals surface area contributed by atoms with Crippen molar-refractivity contribution in [3.8, 4) is 0 Å². The van der Waals surface area contributed by atoms with Gasteiger partial charge in [0.05, 0.1) is 33.0 Å². The molecule has 0 aliphatic heterocycles. The fourth-order valence-electron chi connectivity index (χ4n) is 2.23. The minimum absolute atomic E-state index is 0.122. The normalized spacial score (nSPS) is 13.0. The van der Waals surface area contributed by atoms with E-state index in [0.717, 1.165) is 6.07 Å². The molecule has 0 aliphatic rings. The summed E-state index contributed by atoms with van der Waals surface area (Å²) in [6.07, 6.45) is 0.665. The molecule has 0 fully saturated rings. The van der Waals surface area contributed by atoms with E-state index in [1.54, 1.807) is 0 Å². The molecule has 0 atom stereocenters. The van der Waals surface area contributed by atoms with Crippen molar-refractivity contribution in [1.29, 1.82) is 0 Å². The first kappa shape index (κ1) is 23.5. The fraction of sp³-hybridized carbons (Fsp3) is 0.333. The summed E-state index contributed by atoms with van der Waals surface area (Å²) in [6.45, 7) is -1.84. The molecule has 0 saturated heterocycles. The minimum atomic E-state index is -5.73. The van der Waals surface area contributed by atoms with E-state index < -0.39 is 60.5 Å². The van der Waals surface area contributed by atoms with Crippen LogP contribution in [0.25, 0.3) is 11.0 Å². The Morgan fingerprint density at radius 3 is 2.17 bits per heavy atom. The molecule has 0 unspecified atom stereocenters. The highest BCUT2D eigenvalue weighted by Gasteiger charge is 2.45. The van der Waals surface area contributed by atoms with Crippen LogP contribution in [0.3, 0.4) is 0 Å². The molecule has 0 bridgehead atoms. The summed E-state index contributed by atoms with van der Waals surface area (Å²) in [5.41, 5.74) is -8.71. The van der Waals surface area contributed by atoms with Gasteiger partial charge in [0, 0.05) is 13.1 Å². The Kier molecular flexibility index (Phi) is 6.30. The van der Waals surface area contributed by atoms with Gasteiger partial charge >= 0.3 is 26.7 Å². The lowest BCUT2D eigenvalue weighted by Gasteiger charge is -2.25. The summed E-state index contributed by atoms with van der Waals surface area (Å²) in [5.74, 6) is 0. The van der Waals surface area contributed by atoms with Crippen LogP contribution in [0.4, 0.5) is 18.9 Å². The molecule has 0 aliphatic carbocycles. The predicted octanol–water partition coefficient (Wildman–Crippen LogP) is 0.728. The van der Waals surface area contributed by atoms with Gasteiger partial charge in [-0.15, -0.1) is 0 Å². The summed E-state index contributed by atoms with van der Waals surface area (Å²) < 4.78 is 85.5. The number of halogens is 5. The first-order valence-corrected chi connectivity index (χ1v) is 11.3. The van der Waals surface area contributed by atoms with Gasteiger partial charge in [-0.05, 0) is 6.07 Å². The zero-order valence-electron chi connectivity index (χ0n) is 14.1. The number of hydrogen-bond acceptors (Lipinski definition) is 6. The smallest absolute Gasteiger partial charge is 0.316 e. The lowest BCUT2D eigenvalue weighted by atomic mass is 10.2. The van der Waals surface area contributed by atoms with Crippen molar-refractivity contribution in [2.45, 2.75) is 5.51 Å². The molecule has 29 heavy (non-hydrogen) atoms. The van der Waals surface area contributed by atoms with Crippen LogP contribution < -0.4 is 20.1 Å². The highest BCUT2D eigenvalue weighted by molar-refractivity contribution is 7.92. The summed E-state index contributed by atoms with van der Waals surface area (Å²) >= 11 is 12.0. The number of sulfonamides is 2. The molecule has 1 aromatic carbocycles. The number of hydrogen-bond donors (Lipinski definition) is 3. The highest BCUT2D eigenvalue weighted by atomic mass is 35.5. The third-order valence-corrected chi connectivity index (χ3v) is 6.59. The van der Waals surface area contributed by atoms with Crippen LogP contribution in [0.5, 0.6) is 0 Å². The number of fused-ring (bicyclic) bond motifs is 1. The summed E-state index contributed by atoms with van der Waals surface area (Å²) in [6, 6.07) is 1.12. The Morgan fingerprint density at radius 2 is 1.66 bits per heavy atom. The highest BCUT2D eigenvalue weighted by Crippen LogP contribution is 2.38. The average Bonchev–Trinajstić information content (AvgIpc) is 2.54. The quantitative estimate of drug-likeness (QED) is 0.499. The Bertz CT molecular complexity index is 1290. The largest absolute Gasteiger partial charge is 0.511 e. The van der Waals surface area contributed by atoms with Crippen LogP contribution in [0.1, 0.15) is 0 Å². The molecule has 0 radical (unpaired) electrons. The van der Waals surface area contributed by atoms with E-state index in [2.05, 4.69) is 9.97 Å². The van der Waals surface area contributed by atoms with Crippen LogP contribution >= 0.6 is 23.2 Å². The topological polar surface area (TPSA) is 149 Å². The van der Waals surface area contributed by atoms with Crippen molar-refractivity contribution in [2.24, 2.45) is 0 Å². The van der Waals surface area contributed by atoms with Crippen molar-refractivity contribution in [1.82, 2.24) is 14.7 Å². The van der Waals surface area contributed by atoms with Gasteiger partial charge in [-0.3, -0.25) is 13.9 Å². The molecule has 10 nitrogen and oxygen atoms in total. The molecule has 0 spiro atoms. The average molecular weight is 499 g/mol. The number of H-pyrrole nitrogens is 2. The minimum Gasteiger partial charge on any atom is -0.316 e. The number of nitrogens with zero attached hydrogens (tertiary/aromatic N) is 1. The van der Waals surface area contributed by atoms with E-state index in [-0.39, 0.29) is 16.1 Å². The Labute approximate surface area is 170 Å². The maximum absolute atomic E-state index is 12.4. The van der Waals surface area contributed by atoms with Gasteiger partial charge in [-0.25, -0.2) is 21.6 Å². The van der Waals surface area contributed by atoms with Crippen LogP contribution in [0, 0.1) is 0 Å². The van der Waals surface area contributed by atoms with Gasteiger partial charge in [-0.1, -0.05) is 23.2 Å². The molecule has 1 heterocycles. The summed E-state index contributed by atoms with van der Waals surface area (Å²) in [7, 11) is -9.99. The third kappa shape index (κ3) is 4.85. The van der Waals surface area contributed by atoms with Gasteiger partial charge in [0.1, 0.15) is 0 Å². The van der Waals surface area contributed by atoms with E-state index in [9.17, 15) is 39.6 Å². The van der Waals surface area contributed by atoms with Crippen LogP contribution in [0.2, 0.25) is 10.0 Å². The van der Waals surface area contributed by atoms with Crippen molar-refractivity contribution in [3.05, 3.63) is 36.8 Å². The maximum Gasteiger partial charge on any atom is 0.511 e. The van der Waals surface area contributed by atoms with Crippen LogP contribution in [-0.2, 0) is 20.0 Å². The van der Waals surface area contributed by atoms with E-state index in [0.29, 0.717) is 10.6 Å². The van der Waals surface area contributed by atoms with Crippen molar-refractivity contribution < 1.29 is 30.0 Å². The number of anilines is 1. The molecule has 3 N–H and O–H groups in total. The van der Waals surface area contributed by atoms with Gasteiger partial charge in [-0.2, -0.15) is 13.2 Å². The molecule has 2 rings (SSSR count). The number of aromatic nitrogens is 2.